The predicted molar refractivity (Wildman–Crippen MR) is 99.3 cm³/mol. The number of amides is 1. The van der Waals surface area contributed by atoms with E-state index in [-0.39, 0.29) is 16.7 Å². The van der Waals surface area contributed by atoms with E-state index in [1.54, 1.807) is 12.1 Å². The van der Waals surface area contributed by atoms with Crippen LogP contribution in [0, 0.1) is 5.92 Å². The summed E-state index contributed by atoms with van der Waals surface area (Å²) in [4.78, 5) is 14.7. The minimum absolute atomic E-state index is 0.125. The zero-order valence-corrected chi connectivity index (χ0v) is 16.2. The molecule has 1 aromatic carbocycles. The quantitative estimate of drug-likeness (QED) is 0.782. The average Bonchev–Trinajstić information content (AvgIpc) is 2.73. The molecule has 0 aromatic heterocycles. The molecule has 2 aliphatic heterocycles. The summed E-state index contributed by atoms with van der Waals surface area (Å²) < 4.78 is 38.4. The van der Waals surface area contributed by atoms with Gasteiger partial charge in [-0.3, -0.25) is 4.79 Å². The number of sulfonamides is 1. The summed E-state index contributed by atoms with van der Waals surface area (Å²) in [6.07, 6.45) is 5.39. The maximum atomic E-state index is 13.0. The number of rotatable bonds is 3. The molecule has 1 aromatic rings. The van der Waals surface area contributed by atoms with Gasteiger partial charge in [0.25, 0.3) is 0 Å². The number of carbonyl (C=O) groups is 1. The molecule has 8 heteroatoms. The zero-order valence-electron chi connectivity index (χ0n) is 15.4. The minimum Gasteiger partial charge on any atom is -0.486 e. The molecule has 1 aliphatic carbocycles. The fourth-order valence-corrected chi connectivity index (χ4v) is 5.53. The molecule has 27 heavy (non-hydrogen) atoms. The Kier molecular flexibility index (Phi) is 5.27. The van der Waals surface area contributed by atoms with Crippen LogP contribution in [0.1, 0.15) is 32.1 Å². The number of carbonyl (C=O) groups excluding carboxylic acids is 1. The first-order chi connectivity index (χ1) is 13.1. The molecule has 148 valence electrons. The summed E-state index contributed by atoms with van der Waals surface area (Å²) in [5.74, 6) is 1.36. The second-order valence-electron chi connectivity index (χ2n) is 7.37. The van der Waals surface area contributed by atoms with E-state index < -0.39 is 10.0 Å². The van der Waals surface area contributed by atoms with E-state index in [1.807, 2.05) is 4.90 Å². The first-order valence-electron chi connectivity index (χ1n) is 9.74. The van der Waals surface area contributed by atoms with Crippen molar-refractivity contribution in [3.63, 3.8) is 0 Å². The van der Waals surface area contributed by atoms with E-state index in [1.165, 1.54) is 16.8 Å². The number of hydrogen-bond acceptors (Lipinski definition) is 5. The lowest BCUT2D eigenvalue weighted by molar-refractivity contribution is -0.137. The van der Waals surface area contributed by atoms with Crippen molar-refractivity contribution in [3.05, 3.63) is 18.2 Å². The Bertz CT molecular complexity index is 796. The molecule has 0 atom stereocenters. The number of ether oxygens (including phenoxy) is 2. The van der Waals surface area contributed by atoms with Crippen LogP contribution in [-0.4, -0.2) is 62.9 Å². The van der Waals surface area contributed by atoms with Gasteiger partial charge in [-0.05, 0) is 25.0 Å². The number of benzene rings is 1. The lowest BCUT2D eigenvalue weighted by Gasteiger charge is -2.36. The summed E-state index contributed by atoms with van der Waals surface area (Å²) in [7, 11) is -3.61. The third-order valence-corrected chi connectivity index (χ3v) is 7.55. The van der Waals surface area contributed by atoms with E-state index in [0.717, 1.165) is 25.7 Å². The highest BCUT2D eigenvalue weighted by Gasteiger charge is 2.33. The van der Waals surface area contributed by atoms with Gasteiger partial charge in [0.15, 0.2) is 11.5 Å². The topological polar surface area (TPSA) is 76.2 Å². The Labute approximate surface area is 160 Å². The van der Waals surface area contributed by atoms with Gasteiger partial charge in [-0.1, -0.05) is 19.3 Å². The fourth-order valence-electron chi connectivity index (χ4n) is 4.09. The van der Waals surface area contributed by atoms with Crippen molar-refractivity contribution >= 4 is 15.9 Å². The van der Waals surface area contributed by atoms with Crippen molar-refractivity contribution in [2.24, 2.45) is 5.92 Å². The van der Waals surface area contributed by atoms with Crippen molar-refractivity contribution < 1.29 is 22.7 Å². The van der Waals surface area contributed by atoms with Gasteiger partial charge in [-0.25, -0.2) is 8.42 Å². The molecule has 1 amide bonds. The molecule has 0 unspecified atom stereocenters. The average molecular weight is 394 g/mol. The van der Waals surface area contributed by atoms with Crippen LogP contribution < -0.4 is 9.47 Å². The van der Waals surface area contributed by atoms with Crippen LogP contribution in [0.4, 0.5) is 0 Å². The molecule has 1 saturated heterocycles. The number of piperazine rings is 1. The Morgan fingerprint density at radius 1 is 0.926 bits per heavy atom. The van der Waals surface area contributed by atoms with Gasteiger partial charge in [0.2, 0.25) is 15.9 Å². The van der Waals surface area contributed by atoms with Crippen molar-refractivity contribution in [3.8, 4) is 11.5 Å². The molecule has 4 rings (SSSR count). The van der Waals surface area contributed by atoms with E-state index in [4.69, 9.17) is 9.47 Å². The van der Waals surface area contributed by atoms with Crippen LogP contribution in [0.5, 0.6) is 11.5 Å². The van der Waals surface area contributed by atoms with E-state index in [2.05, 4.69) is 0 Å². The monoisotopic (exact) mass is 394 g/mol. The van der Waals surface area contributed by atoms with Crippen LogP contribution in [0.3, 0.4) is 0 Å². The molecule has 0 bridgehead atoms. The second kappa shape index (κ2) is 7.67. The predicted octanol–water partition coefficient (Wildman–Crippen LogP) is 1.87. The Hall–Kier alpha value is -1.80. The normalized spacial score (nSPS) is 21.9. The molecule has 2 heterocycles. The summed E-state index contributed by atoms with van der Waals surface area (Å²) >= 11 is 0. The molecule has 0 radical (unpaired) electrons. The van der Waals surface area contributed by atoms with Crippen LogP contribution in [-0.2, 0) is 14.8 Å². The summed E-state index contributed by atoms with van der Waals surface area (Å²) in [5, 5.41) is 0. The SMILES string of the molecule is O=C(C1CCCCC1)N1CCN(S(=O)(=O)c2ccc3c(c2)OCCO3)CC1. The Morgan fingerprint density at radius 2 is 1.59 bits per heavy atom. The maximum Gasteiger partial charge on any atom is 0.243 e. The van der Waals surface area contributed by atoms with Crippen molar-refractivity contribution in [2.45, 2.75) is 37.0 Å². The van der Waals surface area contributed by atoms with Crippen molar-refractivity contribution in [1.82, 2.24) is 9.21 Å². The standard InChI is InChI=1S/C19H26N2O5S/c22-19(15-4-2-1-3-5-15)20-8-10-21(11-9-20)27(23,24)16-6-7-17-18(14-16)26-13-12-25-17/h6-7,14-15H,1-5,8-13H2. The molecular weight excluding hydrogens is 368 g/mol. The van der Waals surface area contributed by atoms with E-state index in [0.29, 0.717) is 50.9 Å². The number of hydrogen-bond donors (Lipinski definition) is 0. The van der Waals surface area contributed by atoms with Crippen LogP contribution >= 0.6 is 0 Å². The van der Waals surface area contributed by atoms with Gasteiger partial charge in [-0.15, -0.1) is 0 Å². The minimum atomic E-state index is -3.61. The van der Waals surface area contributed by atoms with E-state index in [9.17, 15) is 13.2 Å². The smallest absolute Gasteiger partial charge is 0.243 e. The van der Waals surface area contributed by atoms with Gasteiger partial charge in [0, 0.05) is 38.2 Å². The lowest BCUT2D eigenvalue weighted by atomic mass is 9.88. The van der Waals surface area contributed by atoms with Crippen LogP contribution in [0.15, 0.2) is 23.1 Å². The highest BCUT2D eigenvalue weighted by Crippen LogP contribution is 2.33. The van der Waals surface area contributed by atoms with Crippen LogP contribution in [0.25, 0.3) is 0 Å². The zero-order chi connectivity index (χ0) is 18.9. The Morgan fingerprint density at radius 3 is 2.30 bits per heavy atom. The molecule has 0 spiro atoms. The maximum absolute atomic E-state index is 13.0. The van der Waals surface area contributed by atoms with Gasteiger partial charge in [-0.2, -0.15) is 4.31 Å². The van der Waals surface area contributed by atoms with Crippen molar-refractivity contribution in [2.75, 3.05) is 39.4 Å². The summed E-state index contributed by atoms with van der Waals surface area (Å²) in [6, 6.07) is 4.73. The second-order valence-corrected chi connectivity index (χ2v) is 9.31. The van der Waals surface area contributed by atoms with Gasteiger partial charge in [0.1, 0.15) is 13.2 Å². The molecule has 7 nitrogen and oxygen atoms in total. The van der Waals surface area contributed by atoms with Gasteiger partial charge >= 0.3 is 0 Å². The first kappa shape index (κ1) is 18.6. The summed E-state index contributed by atoms with van der Waals surface area (Å²) in [6.45, 7) is 2.46. The highest BCUT2D eigenvalue weighted by atomic mass is 32.2. The Balaban J connectivity index is 1.41. The van der Waals surface area contributed by atoms with E-state index >= 15 is 0 Å². The largest absolute Gasteiger partial charge is 0.486 e. The third kappa shape index (κ3) is 3.78. The fraction of sp³-hybridized carbons (Fsp3) is 0.632. The van der Waals surface area contributed by atoms with Crippen molar-refractivity contribution in [1.29, 1.82) is 0 Å². The third-order valence-electron chi connectivity index (χ3n) is 5.66. The van der Waals surface area contributed by atoms with Gasteiger partial charge in [0.05, 0.1) is 4.90 Å². The molecule has 0 N–H and O–H groups in total. The van der Waals surface area contributed by atoms with Gasteiger partial charge < -0.3 is 14.4 Å². The molecule has 1 saturated carbocycles. The molecular formula is C19H26N2O5S. The highest BCUT2D eigenvalue weighted by molar-refractivity contribution is 7.89. The lowest BCUT2D eigenvalue weighted by Crippen LogP contribution is -2.52. The van der Waals surface area contributed by atoms with Crippen LogP contribution in [0.2, 0.25) is 0 Å². The molecule has 2 fully saturated rings. The first-order valence-corrected chi connectivity index (χ1v) is 11.2. The summed E-state index contributed by atoms with van der Waals surface area (Å²) in [5.41, 5.74) is 0. The number of nitrogens with zero attached hydrogens (tertiary/aromatic N) is 2. The number of fused-ring (bicyclic) bond motifs is 1. The molecule has 3 aliphatic rings.